The molecular formula is C18H24FNO3. The number of rotatable bonds is 6. The van der Waals surface area contributed by atoms with Gasteiger partial charge in [0, 0.05) is 19.4 Å². The topological polar surface area (TPSA) is 57.6 Å². The van der Waals surface area contributed by atoms with Crippen LogP contribution in [0.3, 0.4) is 0 Å². The van der Waals surface area contributed by atoms with Crippen LogP contribution in [0.15, 0.2) is 24.3 Å². The molecule has 0 spiro atoms. The van der Waals surface area contributed by atoms with E-state index in [2.05, 4.69) is 26.0 Å². The maximum Gasteiger partial charge on any atom is 0.343 e. The first-order chi connectivity index (χ1) is 10.8. The highest BCUT2D eigenvalue weighted by Crippen LogP contribution is 2.26. The van der Waals surface area contributed by atoms with Crippen molar-refractivity contribution >= 4 is 11.9 Å². The number of halogens is 1. The van der Waals surface area contributed by atoms with Crippen molar-refractivity contribution in [3.63, 3.8) is 0 Å². The van der Waals surface area contributed by atoms with Crippen LogP contribution in [0.25, 0.3) is 0 Å². The zero-order chi connectivity index (χ0) is 17.0. The summed E-state index contributed by atoms with van der Waals surface area (Å²) in [4.78, 5) is 24.3. The fraction of sp³-hybridized carbons (Fsp3) is 0.556. The number of benzene rings is 1. The second kappa shape index (κ2) is 7.11. The van der Waals surface area contributed by atoms with Crippen LogP contribution in [-0.2, 0) is 22.4 Å². The molecule has 1 fully saturated rings. The number of likely N-dealkylation sites (tertiary alicyclic amines) is 1. The third-order valence-electron chi connectivity index (χ3n) is 4.25. The van der Waals surface area contributed by atoms with Gasteiger partial charge in [0.1, 0.15) is 0 Å². The molecule has 0 bridgehead atoms. The third-order valence-corrected chi connectivity index (χ3v) is 4.25. The number of aryl methyl sites for hydroxylation is 1. The molecule has 1 aromatic rings. The van der Waals surface area contributed by atoms with Crippen molar-refractivity contribution in [1.82, 2.24) is 4.90 Å². The van der Waals surface area contributed by atoms with Crippen molar-refractivity contribution in [3.8, 4) is 0 Å². The van der Waals surface area contributed by atoms with E-state index in [0.29, 0.717) is 12.3 Å². The molecule has 126 valence electrons. The summed E-state index contributed by atoms with van der Waals surface area (Å²) in [5.74, 6) is -1.06. The molecule has 1 aromatic carbocycles. The number of carboxylic acids is 1. The largest absolute Gasteiger partial charge is 0.479 e. The van der Waals surface area contributed by atoms with Gasteiger partial charge in [-0.05, 0) is 29.9 Å². The minimum atomic E-state index is -2.28. The average Bonchev–Trinajstić information content (AvgIpc) is 2.90. The minimum Gasteiger partial charge on any atom is -0.479 e. The van der Waals surface area contributed by atoms with E-state index in [4.69, 9.17) is 5.11 Å². The molecule has 1 N–H and O–H groups in total. The van der Waals surface area contributed by atoms with Crippen LogP contribution in [-0.4, -0.2) is 40.6 Å². The Balaban J connectivity index is 1.84. The van der Waals surface area contributed by atoms with E-state index in [1.54, 1.807) is 0 Å². The number of hydrogen-bond donors (Lipinski definition) is 1. The number of carbonyl (C=O) groups is 2. The van der Waals surface area contributed by atoms with Gasteiger partial charge in [-0.3, -0.25) is 4.79 Å². The highest BCUT2D eigenvalue weighted by molar-refractivity contribution is 5.82. The molecule has 1 heterocycles. The molecule has 1 unspecified atom stereocenters. The average molecular weight is 321 g/mol. The molecule has 2 rings (SSSR count). The molecule has 0 saturated carbocycles. The summed E-state index contributed by atoms with van der Waals surface area (Å²) in [7, 11) is 0. The highest BCUT2D eigenvalue weighted by atomic mass is 19.1. The normalized spacial score (nSPS) is 21.0. The molecule has 1 amide bonds. The number of hydrogen-bond acceptors (Lipinski definition) is 2. The Labute approximate surface area is 136 Å². The Kier molecular flexibility index (Phi) is 5.39. The number of aliphatic carboxylic acids is 1. The van der Waals surface area contributed by atoms with Crippen molar-refractivity contribution in [2.75, 3.05) is 13.1 Å². The number of amides is 1. The second-order valence-electron chi connectivity index (χ2n) is 6.75. The van der Waals surface area contributed by atoms with Gasteiger partial charge in [0.25, 0.3) is 0 Å². The highest BCUT2D eigenvalue weighted by Gasteiger charge is 2.46. The molecule has 0 aliphatic carbocycles. The number of nitrogens with zero attached hydrogens (tertiary/aromatic N) is 1. The van der Waals surface area contributed by atoms with Crippen molar-refractivity contribution in [3.05, 3.63) is 35.4 Å². The summed E-state index contributed by atoms with van der Waals surface area (Å²) in [5.41, 5.74) is 0.0572. The molecule has 1 saturated heterocycles. The van der Waals surface area contributed by atoms with E-state index in [-0.39, 0.29) is 31.8 Å². The predicted octanol–water partition coefficient (Wildman–Crippen LogP) is 2.84. The summed E-state index contributed by atoms with van der Waals surface area (Å²) in [6, 6.07) is 8.19. The molecule has 23 heavy (non-hydrogen) atoms. The van der Waals surface area contributed by atoms with Gasteiger partial charge in [-0.25, -0.2) is 9.18 Å². The monoisotopic (exact) mass is 321 g/mol. The summed E-state index contributed by atoms with van der Waals surface area (Å²) in [6.45, 7) is 4.18. The third kappa shape index (κ3) is 4.53. The number of carboxylic acid groups (broad SMARTS) is 1. The van der Waals surface area contributed by atoms with Gasteiger partial charge in [-0.1, -0.05) is 38.1 Å². The van der Waals surface area contributed by atoms with E-state index < -0.39 is 11.6 Å². The zero-order valence-electron chi connectivity index (χ0n) is 13.7. The number of carbonyl (C=O) groups excluding carboxylic acids is 1. The standard InChI is InChI=1S/C18H24FNO3/c1-13(2)11-15-5-3-14(4-6-15)7-8-16(21)20-10-9-18(19,12-20)17(22)23/h3-6,13H,7-12H2,1-2H3,(H,22,23). The first-order valence-corrected chi connectivity index (χ1v) is 8.08. The van der Waals surface area contributed by atoms with Crippen LogP contribution < -0.4 is 0 Å². The minimum absolute atomic E-state index is 0.127. The van der Waals surface area contributed by atoms with Crippen molar-refractivity contribution in [2.24, 2.45) is 5.92 Å². The maximum absolute atomic E-state index is 14.0. The zero-order valence-corrected chi connectivity index (χ0v) is 13.7. The lowest BCUT2D eigenvalue weighted by atomic mass is 10.0. The maximum atomic E-state index is 14.0. The van der Waals surface area contributed by atoms with E-state index in [9.17, 15) is 14.0 Å². The second-order valence-corrected chi connectivity index (χ2v) is 6.75. The molecule has 0 aromatic heterocycles. The van der Waals surface area contributed by atoms with Gasteiger partial charge in [-0.15, -0.1) is 0 Å². The van der Waals surface area contributed by atoms with Crippen molar-refractivity contribution in [1.29, 1.82) is 0 Å². The fourth-order valence-electron chi connectivity index (χ4n) is 2.88. The molecule has 1 aliphatic heterocycles. The number of alkyl halides is 1. The fourth-order valence-corrected chi connectivity index (χ4v) is 2.88. The summed E-state index contributed by atoms with van der Waals surface area (Å²) >= 11 is 0. The van der Waals surface area contributed by atoms with Gasteiger partial charge >= 0.3 is 5.97 Å². The van der Waals surface area contributed by atoms with Gasteiger partial charge in [0.15, 0.2) is 0 Å². The first-order valence-electron chi connectivity index (χ1n) is 8.08. The van der Waals surface area contributed by atoms with Crippen molar-refractivity contribution in [2.45, 2.75) is 45.2 Å². The molecule has 0 radical (unpaired) electrons. The Morgan fingerprint density at radius 1 is 1.26 bits per heavy atom. The van der Waals surface area contributed by atoms with Gasteiger partial charge in [-0.2, -0.15) is 0 Å². The van der Waals surface area contributed by atoms with E-state index in [1.807, 2.05) is 12.1 Å². The van der Waals surface area contributed by atoms with Crippen LogP contribution >= 0.6 is 0 Å². The van der Waals surface area contributed by atoms with E-state index in [1.165, 1.54) is 10.5 Å². The first kappa shape index (κ1) is 17.4. The Bertz CT molecular complexity index is 570. The SMILES string of the molecule is CC(C)Cc1ccc(CCC(=O)N2CCC(F)(C(=O)O)C2)cc1. The Morgan fingerprint density at radius 2 is 1.87 bits per heavy atom. The van der Waals surface area contributed by atoms with Crippen LogP contribution in [0.1, 0.15) is 37.8 Å². The molecular weight excluding hydrogens is 297 g/mol. The Hall–Kier alpha value is -1.91. The van der Waals surface area contributed by atoms with Gasteiger partial charge in [0.2, 0.25) is 11.6 Å². The summed E-state index contributed by atoms with van der Waals surface area (Å²) in [6.07, 6.45) is 1.77. The van der Waals surface area contributed by atoms with Crippen molar-refractivity contribution < 1.29 is 19.1 Å². The van der Waals surface area contributed by atoms with Crippen LogP contribution in [0.5, 0.6) is 0 Å². The molecule has 1 aliphatic rings. The molecule has 4 nitrogen and oxygen atoms in total. The smallest absolute Gasteiger partial charge is 0.343 e. The molecule has 1 atom stereocenters. The quantitative estimate of drug-likeness (QED) is 0.876. The summed E-state index contributed by atoms with van der Waals surface area (Å²) < 4.78 is 14.0. The van der Waals surface area contributed by atoms with E-state index >= 15 is 0 Å². The van der Waals surface area contributed by atoms with Crippen LogP contribution in [0, 0.1) is 5.92 Å². The Morgan fingerprint density at radius 3 is 2.39 bits per heavy atom. The lowest BCUT2D eigenvalue weighted by Gasteiger charge is -2.17. The predicted molar refractivity (Wildman–Crippen MR) is 86.0 cm³/mol. The van der Waals surface area contributed by atoms with E-state index in [0.717, 1.165) is 12.0 Å². The van der Waals surface area contributed by atoms with Crippen LogP contribution in [0.4, 0.5) is 4.39 Å². The lowest BCUT2D eigenvalue weighted by molar-refractivity contribution is -0.150. The van der Waals surface area contributed by atoms with Gasteiger partial charge in [0.05, 0.1) is 6.54 Å². The van der Waals surface area contributed by atoms with Gasteiger partial charge < -0.3 is 10.0 Å². The summed E-state index contributed by atoms with van der Waals surface area (Å²) in [5, 5.41) is 8.86. The molecule has 5 heteroatoms. The lowest BCUT2D eigenvalue weighted by Crippen LogP contribution is -2.38. The van der Waals surface area contributed by atoms with Crippen LogP contribution in [0.2, 0.25) is 0 Å².